The van der Waals surface area contributed by atoms with Gasteiger partial charge in [0, 0.05) is 18.2 Å². The van der Waals surface area contributed by atoms with Crippen molar-refractivity contribution in [3.63, 3.8) is 0 Å². The van der Waals surface area contributed by atoms with Gasteiger partial charge in [0.2, 0.25) is 11.1 Å². The number of amides is 1. The van der Waals surface area contributed by atoms with E-state index in [1.807, 2.05) is 35.2 Å². The molecular weight excluding hydrogens is 310 g/mol. The van der Waals surface area contributed by atoms with Gasteiger partial charge in [-0.1, -0.05) is 42.1 Å². The van der Waals surface area contributed by atoms with Gasteiger partial charge in [-0.3, -0.25) is 4.79 Å². The van der Waals surface area contributed by atoms with E-state index in [1.54, 1.807) is 0 Å². The molecule has 0 spiro atoms. The first-order chi connectivity index (χ1) is 11.2. The standard InChI is InChI=1S/C16H21N5OS/c1-12-7-5-6-10-20(12)14(22)11-23-16-19-18-15(21(16)17)13-8-3-2-4-9-13/h2-4,8-9,12H,5-7,10-11,17H2,1H3. The summed E-state index contributed by atoms with van der Waals surface area (Å²) in [4.78, 5) is 14.3. The Morgan fingerprint density at radius 2 is 2.09 bits per heavy atom. The van der Waals surface area contributed by atoms with Crippen LogP contribution in [0, 0.1) is 0 Å². The van der Waals surface area contributed by atoms with Gasteiger partial charge in [0.25, 0.3) is 0 Å². The largest absolute Gasteiger partial charge is 0.339 e. The molecule has 23 heavy (non-hydrogen) atoms. The summed E-state index contributed by atoms with van der Waals surface area (Å²) in [5.41, 5.74) is 0.908. The SMILES string of the molecule is CC1CCCCN1C(=O)CSc1nnc(-c2ccccc2)n1N. The van der Waals surface area contributed by atoms with E-state index in [2.05, 4.69) is 17.1 Å². The van der Waals surface area contributed by atoms with E-state index in [0.29, 0.717) is 22.8 Å². The number of aromatic nitrogens is 3. The molecule has 122 valence electrons. The number of carbonyl (C=O) groups is 1. The van der Waals surface area contributed by atoms with Gasteiger partial charge >= 0.3 is 0 Å². The van der Waals surface area contributed by atoms with E-state index in [-0.39, 0.29) is 5.91 Å². The molecule has 3 rings (SSSR count). The molecule has 0 radical (unpaired) electrons. The van der Waals surface area contributed by atoms with E-state index in [4.69, 9.17) is 5.84 Å². The van der Waals surface area contributed by atoms with E-state index in [9.17, 15) is 4.79 Å². The fourth-order valence-electron chi connectivity index (χ4n) is 2.84. The summed E-state index contributed by atoms with van der Waals surface area (Å²) in [6, 6.07) is 9.99. The molecule has 6 nitrogen and oxygen atoms in total. The molecule has 1 saturated heterocycles. The molecule has 0 saturated carbocycles. The minimum atomic E-state index is 0.145. The quantitative estimate of drug-likeness (QED) is 0.686. The molecule has 1 aromatic heterocycles. The molecule has 1 atom stereocenters. The summed E-state index contributed by atoms with van der Waals surface area (Å²) in [5.74, 6) is 7.16. The third-order valence-corrected chi connectivity index (χ3v) is 5.07. The fourth-order valence-corrected chi connectivity index (χ4v) is 3.58. The number of nitrogens with zero attached hydrogens (tertiary/aromatic N) is 4. The smallest absolute Gasteiger partial charge is 0.233 e. The van der Waals surface area contributed by atoms with E-state index in [0.717, 1.165) is 24.9 Å². The topological polar surface area (TPSA) is 77.0 Å². The summed E-state index contributed by atoms with van der Waals surface area (Å²) in [7, 11) is 0. The number of hydrogen-bond acceptors (Lipinski definition) is 5. The highest BCUT2D eigenvalue weighted by Crippen LogP contribution is 2.23. The Morgan fingerprint density at radius 3 is 2.83 bits per heavy atom. The lowest BCUT2D eigenvalue weighted by Gasteiger charge is -2.33. The van der Waals surface area contributed by atoms with Crippen molar-refractivity contribution >= 4 is 17.7 Å². The number of hydrogen-bond donors (Lipinski definition) is 1. The Balaban J connectivity index is 1.65. The summed E-state index contributed by atoms with van der Waals surface area (Å²) in [6.45, 7) is 2.96. The third kappa shape index (κ3) is 3.50. The molecule has 1 fully saturated rings. The van der Waals surface area contributed by atoms with E-state index in [1.165, 1.54) is 22.9 Å². The van der Waals surface area contributed by atoms with Gasteiger partial charge < -0.3 is 10.7 Å². The summed E-state index contributed by atoms with van der Waals surface area (Å²) < 4.78 is 1.45. The van der Waals surface area contributed by atoms with Crippen LogP contribution in [0.1, 0.15) is 26.2 Å². The van der Waals surface area contributed by atoms with Crippen molar-refractivity contribution in [2.45, 2.75) is 37.4 Å². The van der Waals surface area contributed by atoms with E-state index < -0.39 is 0 Å². The molecule has 1 aliphatic heterocycles. The lowest BCUT2D eigenvalue weighted by molar-refractivity contribution is -0.131. The van der Waals surface area contributed by atoms with Gasteiger partial charge in [-0.2, -0.15) is 0 Å². The second kappa shape index (κ2) is 7.04. The number of thioether (sulfide) groups is 1. The number of nitrogen functional groups attached to an aromatic ring is 1. The summed E-state index contributed by atoms with van der Waals surface area (Å²) in [6.07, 6.45) is 3.38. The lowest BCUT2D eigenvalue weighted by Crippen LogP contribution is -2.43. The van der Waals surface area contributed by atoms with Crippen LogP contribution in [0.2, 0.25) is 0 Å². The summed E-state index contributed by atoms with van der Waals surface area (Å²) >= 11 is 1.34. The van der Waals surface area contributed by atoms with Crippen LogP contribution in [0.4, 0.5) is 0 Å². The van der Waals surface area contributed by atoms with Crippen molar-refractivity contribution in [2.24, 2.45) is 0 Å². The molecule has 0 aliphatic carbocycles. The monoisotopic (exact) mass is 331 g/mol. The van der Waals surface area contributed by atoms with Crippen LogP contribution in [-0.2, 0) is 4.79 Å². The average molecular weight is 331 g/mol. The Bertz CT molecular complexity index is 672. The van der Waals surface area contributed by atoms with Crippen molar-refractivity contribution in [1.29, 1.82) is 0 Å². The highest BCUT2D eigenvalue weighted by atomic mass is 32.2. The Morgan fingerprint density at radius 1 is 1.30 bits per heavy atom. The van der Waals surface area contributed by atoms with Crippen LogP contribution in [-0.4, -0.2) is 44.0 Å². The maximum Gasteiger partial charge on any atom is 0.233 e. The Hall–Kier alpha value is -2.02. The van der Waals surface area contributed by atoms with Crippen molar-refractivity contribution in [1.82, 2.24) is 19.8 Å². The number of benzene rings is 1. The number of rotatable bonds is 4. The van der Waals surface area contributed by atoms with Crippen LogP contribution in [0.3, 0.4) is 0 Å². The zero-order valence-corrected chi connectivity index (χ0v) is 14.0. The first kappa shape index (κ1) is 15.9. The molecule has 1 amide bonds. The first-order valence-corrected chi connectivity index (χ1v) is 8.83. The number of piperidine rings is 1. The van der Waals surface area contributed by atoms with Crippen LogP contribution < -0.4 is 5.84 Å². The Kier molecular flexibility index (Phi) is 4.85. The normalized spacial score (nSPS) is 18.1. The van der Waals surface area contributed by atoms with Crippen molar-refractivity contribution < 1.29 is 4.79 Å². The predicted molar refractivity (Wildman–Crippen MR) is 91.4 cm³/mol. The third-order valence-electron chi connectivity index (χ3n) is 4.14. The average Bonchev–Trinajstić information content (AvgIpc) is 2.94. The van der Waals surface area contributed by atoms with Gasteiger partial charge in [0.1, 0.15) is 0 Å². The fraction of sp³-hybridized carbons (Fsp3) is 0.438. The molecule has 2 N–H and O–H groups in total. The molecule has 1 aliphatic rings. The molecule has 1 aromatic carbocycles. The van der Waals surface area contributed by atoms with Gasteiger partial charge in [0.05, 0.1) is 5.75 Å². The Labute approximate surface area is 140 Å². The van der Waals surface area contributed by atoms with Gasteiger partial charge in [-0.25, -0.2) is 4.68 Å². The van der Waals surface area contributed by atoms with Crippen molar-refractivity contribution in [3.05, 3.63) is 30.3 Å². The van der Waals surface area contributed by atoms with E-state index >= 15 is 0 Å². The second-order valence-electron chi connectivity index (χ2n) is 5.76. The van der Waals surface area contributed by atoms with Crippen LogP contribution >= 0.6 is 11.8 Å². The first-order valence-electron chi connectivity index (χ1n) is 7.85. The summed E-state index contributed by atoms with van der Waals surface area (Å²) in [5, 5.41) is 8.80. The number of carbonyl (C=O) groups excluding carboxylic acids is 1. The van der Waals surface area contributed by atoms with Crippen LogP contribution in [0.5, 0.6) is 0 Å². The maximum absolute atomic E-state index is 12.4. The highest BCUT2D eigenvalue weighted by Gasteiger charge is 2.23. The predicted octanol–water partition coefficient (Wildman–Crippen LogP) is 2.15. The number of nitrogens with two attached hydrogens (primary N) is 1. The van der Waals surface area contributed by atoms with Crippen molar-refractivity contribution in [3.8, 4) is 11.4 Å². The minimum absolute atomic E-state index is 0.145. The lowest BCUT2D eigenvalue weighted by atomic mass is 10.0. The molecule has 2 heterocycles. The maximum atomic E-state index is 12.4. The van der Waals surface area contributed by atoms with Gasteiger partial charge in [-0.05, 0) is 26.2 Å². The van der Waals surface area contributed by atoms with Gasteiger partial charge in [-0.15, -0.1) is 10.2 Å². The number of likely N-dealkylation sites (tertiary alicyclic amines) is 1. The molecule has 2 aromatic rings. The van der Waals surface area contributed by atoms with Crippen molar-refractivity contribution in [2.75, 3.05) is 18.1 Å². The van der Waals surface area contributed by atoms with Crippen LogP contribution in [0.25, 0.3) is 11.4 Å². The minimum Gasteiger partial charge on any atom is -0.339 e. The molecular formula is C16H21N5OS. The molecule has 1 unspecified atom stereocenters. The zero-order chi connectivity index (χ0) is 16.2. The highest BCUT2D eigenvalue weighted by molar-refractivity contribution is 7.99. The zero-order valence-electron chi connectivity index (χ0n) is 13.2. The van der Waals surface area contributed by atoms with Gasteiger partial charge in [0.15, 0.2) is 5.82 Å². The molecule has 0 bridgehead atoms. The second-order valence-corrected chi connectivity index (χ2v) is 6.71. The molecule has 7 heteroatoms. The van der Waals surface area contributed by atoms with Crippen LogP contribution in [0.15, 0.2) is 35.5 Å².